The van der Waals surface area contributed by atoms with E-state index in [1.807, 2.05) is 48.5 Å². The summed E-state index contributed by atoms with van der Waals surface area (Å²) in [5.41, 5.74) is 1.79. The Labute approximate surface area is 241 Å². The van der Waals surface area contributed by atoms with Crippen LogP contribution in [0.15, 0.2) is 72.8 Å². The Balaban J connectivity index is 1.62. The van der Waals surface area contributed by atoms with E-state index in [0.29, 0.717) is 28.7 Å². The Hall–Kier alpha value is -3.71. The third kappa shape index (κ3) is 8.39. The third-order valence-electron chi connectivity index (χ3n) is 7.15. The predicted molar refractivity (Wildman–Crippen MR) is 156 cm³/mol. The van der Waals surface area contributed by atoms with E-state index >= 15 is 0 Å². The van der Waals surface area contributed by atoms with Crippen molar-refractivity contribution < 1.29 is 23.8 Å². The van der Waals surface area contributed by atoms with Gasteiger partial charge in [0.2, 0.25) is 5.91 Å². The lowest BCUT2D eigenvalue weighted by Crippen LogP contribution is -2.53. The van der Waals surface area contributed by atoms with Gasteiger partial charge in [0.25, 0.3) is 5.91 Å². The first-order valence-electron chi connectivity index (χ1n) is 13.7. The van der Waals surface area contributed by atoms with Gasteiger partial charge in [0.15, 0.2) is 6.61 Å². The van der Waals surface area contributed by atoms with Crippen LogP contribution in [-0.2, 0) is 22.6 Å². The molecular weight excluding hydrogens is 528 g/mol. The molecule has 3 aromatic rings. The number of nitrogens with one attached hydrogen (secondary N) is 1. The molecule has 40 heavy (non-hydrogen) atoms. The van der Waals surface area contributed by atoms with Gasteiger partial charge in [-0.25, -0.2) is 0 Å². The summed E-state index contributed by atoms with van der Waals surface area (Å²) in [4.78, 5) is 29.3. The van der Waals surface area contributed by atoms with Crippen LogP contribution < -0.4 is 19.5 Å². The molecule has 0 radical (unpaired) electrons. The van der Waals surface area contributed by atoms with Crippen LogP contribution in [0.4, 0.5) is 0 Å². The van der Waals surface area contributed by atoms with Gasteiger partial charge < -0.3 is 24.4 Å². The molecule has 0 bridgehead atoms. The smallest absolute Gasteiger partial charge is 0.261 e. The average Bonchev–Trinajstić information content (AvgIpc) is 2.98. The zero-order chi connectivity index (χ0) is 28.3. The summed E-state index contributed by atoms with van der Waals surface area (Å²) < 4.78 is 16.6. The van der Waals surface area contributed by atoms with Gasteiger partial charge in [0.05, 0.1) is 14.2 Å². The minimum atomic E-state index is -0.737. The fourth-order valence-electron chi connectivity index (χ4n) is 5.02. The largest absolute Gasteiger partial charge is 0.496 e. The number of hydrogen-bond acceptors (Lipinski definition) is 5. The minimum Gasteiger partial charge on any atom is -0.496 e. The summed E-state index contributed by atoms with van der Waals surface area (Å²) in [6.07, 6.45) is 5.65. The quantitative estimate of drug-likeness (QED) is 0.300. The summed E-state index contributed by atoms with van der Waals surface area (Å²) in [7, 11) is 3.10. The minimum absolute atomic E-state index is 0.114. The number of halogens is 1. The molecule has 0 unspecified atom stereocenters. The monoisotopic (exact) mass is 564 g/mol. The summed E-state index contributed by atoms with van der Waals surface area (Å²) in [6.45, 7) is -0.0569. The number of nitrogens with zero attached hydrogens (tertiary/aromatic N) is 1. The van der Waals surface area contributed by atoms with Crippen molar-refractivity contribution in [1.82, 2.24) is 10.2 Å². The lowest BCUT2D eigenvalue weighted by molar-refractivity contribution is -0.143. The van der Waals surface area contributed by atoms with E-state index in [0.717, 1.165) is 36.8 Å². The van der Waals surface area contributed by atoms with Crippen molar-refractivity contribution in [3.8, 4) is 17.2 Å². The fraction of sp³-hybridized carbons (Fsp3) is 0.375. The highest BCUT2D eigenvalue weighted by atomic mass is 35.5. The topological polar surface area (TPSA) is 77.1 Å². The maximum absolute atomic E-state index is 13.9. The number of carbonyl (C=O) groups is 2. The molecule has 1 fully saturated rings. The van der Waals surface area contributed by atoms with Gasteiger partial charge in [0, 0.05) is 42.2 Å². The van der Waals surface area contributed by atoms with Crippen molar-refractivity contribution >= 4 is 23.4 Å². The van der Waals surface area contributed by atoms with Crippen molar-refractivity contribution in [3.63, 3.8) is 0 Å². The second kappa shape index (κ2) is 14.6. The fourth-order valence-corrected chi connectivity index (χ4v) is 5.24. The molecule has 0 spiro atoms. The van der Waals surface area contributed by atoms with Gasteiger partial charge >= 0.3 is 0 Å². The second-order valence-corrected chi connectivity index (χ2v) is 10.5. The number of benzene rings is 3. The molecule has 1 saturated carbocycles. The molecule has 0 aliphatic heterocycles. The second-order valence-electron chi connectivity index (χ2n) is 10.0. The Morgan fingerprint density at radius 1 is 0.875 bits per heavy atom. The van der Waals surface area contributed by atoms with Gasteiger partial charge in [-0.15, -0.1) is 0 Å². The maximum atomic E-state index is 13.9. The molecule has 1 atom stereocenters. The van der Waals surface area contributed by atoms with Gasteiger partial charge in [-0.3, -0.25) is 9.59 Å². The molecule has 0 saturated heterocycles. The number of methoxy groups -OCH3 is 2. The third-order valence-corrected chi connectivity index (χ3v) is 7.39. The van der Waals surface area contributed by atoms with E-state index in [-0.39, 0.29) is 31.0 Å². The van der Waals surface area contributed by atoms with Gasteiger partial charge in [0.1, 0.15) is 23.3 Å². The summed E-state index contributed by atoms with van der Waals surface area (Å²) in [5.74, 6) is 1.05. The van der Waals surface area contributed by atoms with E-state index in [4.69, 9.17) is 25.8 Å². The first-order valence-corrected chi connectivity index (χ1v) is 14.1. The van der Waals surface area contributed by atoms with Gasteiger partial charge in [-0.05, 0) is 36.1 Å². The van der Waals surface area contributed by atoms with Crippen molar-refractivity contribution in [3.05, 3.63) is 88.9 Å². The number of rotatable bonds is 12. The lowest BCUT2D eigenvalue weighted by atomic mass is 9.94. The number of ether oxygens (including phenoxy) is 3. The number of hydrogen-bond donors (Lipinski definition) is 1. The number of amides is 2. The summed E-state index contributed by atoms with van der Waals surface area (Å²) in [5, 5.41) is 3.81. The van der Waals surface area contributed by atoms with Crippen LogP contribution in [0, 0.1) is 0 Å². The molecule has 1 aliphatic rings. The van der Waals surface area contributed by atoms with E-state index in [1.165, 1.54) is 6.42 Å². The van der Waals surface area contributed by atoms with E-state index in [1.54, 1.807) is 43.4 Å². The van der Waals surface area contributed by atoms with Gasteiger partial charge in [-0.2, -0.15) is 0 Å². The Kier molecular flexibility index (Phi) is 10.7. The highest BCUT2D eigenvalue weighted by Crippen LogP contribution is 2.28. The molecule has 0 heterocycles. The molecule has 3 aromatic carbocycles. The van der Waals surface area contributed by atoms with Crippen LogP contribution in [0.25, 0.3) is 0 Å². The first-order chi connectivity index (χ1) is 19.4. The van der Waals surface area contributed by atoms with Crippen LogP contribution in [0.3, 0.4) is 0 Å². The highest BCUT2D eigenvalue weighted by molar-refractivity contribution is 6.30. The Morgan fingerprint density at radius 3 is 2.17 bits per heavy atom. The van der Waals surface area contributed by atoms with Crippen LogP contribution in [0.5, 0.6) is 17.2 Å². The standard InChI is InChI=1S/C32H37ClN2O5/c1-38-27-18-28(39-2)20-29(19-27)40-22-31(36)35(21-24-12-9-13-25(33)16-24)30(17-23-10-5-3-6-11-23)32(37)34-26-14-7-4-8-15-26/h3,5-6,9-13,16,18-20,26,30H,4,7-8,14-15,17,21-22H2,1-2H3,(H,34,37)/t30-/m0/s1. The molecule has 7 nitrogen and oxygen atoms in total. The Morgan fingerprint density at radius 2 is 1.52 bits per heavy atom. The molecular formula is C32H37ClN2O5. The van der Waals surface area contributed by atoms with Crippen molar-refractivity contribution in [2.75, 3.05) is 20.8 Å². The molecule has 0 aromatic heterocycles. The van der Waals surface area contributed by atoms with Crippen molar-refractivity contribution in [2.24, 2.45) is 0 Å². The molecule has 212 valence electrons. The molecule has 1 aliphatic carbocycles. The zero-order valence-corrected chi connectivity index (χ0v) is 23.9. The first kappa shape index (κ1) is 29.3. The van der Waals surface area contributed by atoms with E-state index in [2.05, 4.69) is 5.32 Å². The van der Waals surface area contributed by atoms with Crippen LogP contribution in [-0.4, -0.2) is 49.6 Å². The summed E-state index contributed by atoms with van der Waals surface area (Å²) in [6, 6.07) is 21.6. The van der Waals surface area contributed by atoms with E-state index in [9.17, 15) is 9.59 Å². The molecule has 4 rings (SSSR count). The SMILES string of the molecule is COc1cc(OC)cc(OCC(=O)N(Cc2cccc(Cl)c2)[C@@H](Cc2ccccc2)C(=O)NC2CCCCC2)c1. The van der Waals surface area contributed by atoms with Gasteiger partial charge in [-0.1, -0.05) is 73.3 Å². The predicted octanol–water partition coefficient (Wildman–Crippen LogP) is 5.83. The van der Waals surface area contributed by atoms with Crippen molar-refractivity contribution in [1.29, 1.82) is 0 Å². The molecule has 2 amide bonds. The highest BCUT2D eigenvalue weighted by Gasteiger charge is 2.32. The van der Waals surface area contributed by atoms with Crippen LogP contribution >= 0.6 is 11.6 Å². The van der Waals surface area contributed by atoms with E-state index < -0.39 is 6.04 Å². The molecule has 8 heteroatoms. The maximum Gasteiger partial charge on any atom is 0.261 e. The van der Waals surface area contributed by atoms with Crippen LogP contribution in [0.1, 0.15) is 43.2 Å². The normalized spacial score (nSPS) is 14.2. The van der Waals surface area contributed by atoms with Crippen LogP contribution in [0.2, 0.25) is 5.02 Å². The number of carbonyl (C=O) groups excluding carboxylic acids is 2. The molecule has 1 N–H and O–H groups in total. The zero-order valence-electron chi connectivity index (χ0n) is 23.1. The lowest BCUT2D eigenvalue weighted by Gasteiger charge is -2.33. The Bertz CT molecular complexity index is 1240. The summed E-state index contributed by atoms with van der Waals surface area (Å²) >= 11 is 6.28. The van der Waals surface area contributed by atoms with Crippen molar-refractivity contribution in [2.45, 2.75) is 57.2 Å². The average molecular weight is 565 g/mol.